The summed E-state index contributed by atoms with van der Waals surface area (Å²) in [6.45, 7) is 0. The van der Waals surface area contributed by atoms with Crippen molar-refractivity contribution in [1.29, 1.82) is 0 Å². The van der Waals surface area contributed by atoms with Gasteiger partial charge in [-0.15, -0.1) is 12.1 Å². The van der Waals surface area contributed by atoms with E-state index in [1.807, 2.05) is 0 Å². The van der Waals surface area contributed by atoms with Crippen molar-refractivity contribution in [2.45, 2.75) is 0 Å². The zero-order valence-electron chi connectivity index (χ0n) is 6.94. The first-order chi connectivity index (χ1) is 5.97. The first-order valence-corrected chi connectivity index (χ1v) is 3.60. The van der Waals surface area contributed by atoms with Crippen LogP contribution in [-0.2, 0) is 32.7 Å². The van der Waals surface area contributed by atoms with Crippen LogP contribution < -0.4 is 0 Å². The van der Waals surface area contributed by atoms with E-state index in [9.17, 15) is 0 Å². The summed E-state index contributed by atoms with van der Waals surface area (Å²) in [7, 11) is 0. The summed E-state index contributed by atoms with van der Waals surface area (Å²) in [4.78, 5) is 7.96. The van der Waals surface area contributed by atoms with Crippen LogP contribution in [0.25, 0.3) is 11.1 Å². The van der Waals surface area contributed by atoms with Gasteiger partial charge in [-0.2, -0.15) is 12.1 Å². The molecule has 61 valence electrons. The largest absolute Gasteiger partial charge is 0.370 e. The fourth-order valence-corrected chi connectivity index (χ4v) is 0.944. The molecule has 2 aromatic heterocycles. The van der Waals surface area contributed by atoms with Crippen LogP contribution in [0.5, 0.6) is 0 Å². The molecule has 0 spiro atoms. The second-order valence-electron chi connectivity index (χ2n) is 2.30. The maximum absolute atomic E-state index is 3.98. The summed E-state index contributed by atoms with van der Waals surface area (Å²) in [5, 5.41) is 0. The fourth-order valence-electron chi connectivity index (χ4n) is 0.944. The summed E-state index contributed by atoms with van der Waals surface area (Å²) in [5.41, 5.74) is 1.84. The van der Waals surface area contributed by atoms with Gasteiger partial charge >= 0.3 is 0 Å². The maximum Gasteiger partial charge on any atom is 0 e. The molecule has 0 fully saturated rings. The van der Waals surface area contributed by atoms with Crippen LogP contribution in [0.2, 0.25) is 0 Å². The predicted molar refractivity (Wildman–Crippen MR) is 45.1 cm³/mol. The number of hydrogen-bond donors (Lipinski definition) is 0. The van der Waals surface area contributed by atoms with Crippen LogP contribution in [0.4, 0.5) is 0 Å². The molecule has 0 bridgehead atoms. The topological polar surface area (TPSA) is 25.8 Å². The van der Waals surface area contributed by atoms with Gasteiger partial charge in [0.15, 0.2) is 0 Å². The Labute approximate surface area is 102 Å². The van der Waals surface area contributed by atoms with Gasteiger partial charge in [-0.1, -0.05) is 24.8 Å². The van der Waals surface area contributed by atoms with Gasteiger partial charge in [0.1, 0.15) is 0 Å². The Kier molecular flexibility index (Phi) is 4.20. The Morgan fingerprint density at radius 1 is 0.846 bits per heavy atom. The van der Waals surface area contributed by atoms with Crippen molar-refractivity contribution in [3.8, 4) is 11.1 Å². The molecule has 0 unspecified atom stereocenters. The van der Waals surface area contributed by atoms with Crippen LogP contribution in [0.3, 0.4) is 0 Å². The average molecular weight is 243 g/mol. The number of nitrogens with zero attached hydrogens (tertiary/aromatic N) is 2. The Morgan fingerprint density at radius 3 is 1.62 bits per heavy atom. The van der Waals surface area contributed by atoms with Crippen molar-refractivity contribution in [2.75, 3.05) is 0 Å². The molecule has 2 aromatic rings. The van der Waals surface area contributed by atoms with Gasteiger partial charge in [0.05, 0.1) is 0 Å². The Hall–Kier alpha value is -0.596. The molecule has 0 aliphatic rings. The van der Waals surface area contributed by atoms with E-state index in [0.717, 1.165) is 11.1 Å². The minimum atomic E-state index is 0. The molecule has 0 atom stereocenters. The van der Waals surface area contributed by atoms with E-state index >= 15 is 0 Å². The van der Waals surface area contributed by atoms with Gasteiger partial charge in [0.2, 0.25) is 0 Å². The van der Waals surface area contributed by atoms with Gasteiger partial charge in [0.25, 0.3) is 0 Å². The van der Waals surface area contributed by atoms with E-state index < -0.39 is 0 Å². The van der Waals surface area contributed by atoms with Crippen molar-refractivity contribution >= 4 is 0 Å². The van der Waals surface area contributed by atoms with Crippen molar-refractivity contribution in [3.63, 3.8) is 0 Å². The zero-order chi connectivity index (χ0) is 8.23. The molecule has 3 heteroatoms. The van der Waals surface area contributed by atoms with Crippen LogP contribution in [0.1, 0.15) is 0 Å². The molecule has 0 aliphatic carbocycles. The van der Waals surface area contributed by atoms with Crippen LogP contribution in [0.15, 0.2) is 36.9 Å². The Morgan fingerprint density at radius 2 is 1.31 bits per heavy atom. The minimum absolute atomic E-state index is 0. The molecule has 2 heterocycles. The van der Waals surface area contributed by atoms with E-state index in [-0.39, 0.29) is 32.7 Å². The van der Waals surface area contributed by atoms with Crippen LogP contribution >= 0.6 is 0 Å². The van der Waals surface area contributed by atoms with Crippen LogP contribution in [-0.4, -0.2) is 9.97 Å². The predicted octanol–water partition coefficient (Wildman–Crippen LogP) is 1.74. The third kappa shape index (κ3) is 2.68. The standard InChI is InChI=1S/C10H6N2.Y/c1-3-9(7-11-5-1)10-4-2-6-12-8-10;/h1-2,5-8H;/q-2;. The van der Waals surface area contributed by atoms with Crippen LogP contribution in [0, 0.1) is 12.1 Å². The number of rotatable bonds is 1. The Bertz CT molecular complexity index is 310. The monoisotopic (exact) mass is 243 g/mol. The summed E-state index contributed by atoms with van der Waals surface area (Å²) >= 11 is 0. The first-order valence-electron chi connectivity index (χ1n) is 3.60. The summed E-state index contributed by atoms with van der Waals surface area (Å²) in [6.07, 6.45) is 6.88. The SMILES string of the molecule is [Y].[c-]1ccncc1-c1[c-]ccnc1. The van der Waals surface area contributed by atoms with Gasteiger partial charge in [-0.05, 0) is 0 Å². The van der Waals surface area contributed by atoms with E-state index in [0.29, 0.717) is 0 Å². The second kappa shape index (κ2) is 5.20. The molecular weight excluding hydrogens is 237 g/mol. The molecule has 0 saturated heterocycles. The van der Waals surface area contributed by atoms with Gasteiger partial charge in [0, 0.05) is 32.7 Å². The smallest absolute Gasteiger partial charge is 0 e. The number of hydrogen-bond acceptors (Lipinski definition) is 2. The zero-order valence-corrected chi connectivity index (χ0v) is 9.77. The van der Waals surface area contributed by atoms with Crippen molar-refractivity contribution in [3.05, 3.63) is 49.1 Å². The summed E-state index contributed by atoms with van der Waals surface area (Å²) < 4.78 is 0. The molecule has 0 aliphatic heterocycles. The molecule has 0 N–H and O–H groups in total. The summed E-state index contributed by atoms with van der Waals surface area (Å²) in [6, 6.07) is 9.65. The molecule has 2 nitrogen and oxygen atoms in total. The van der Waals surface area contributed by atoms with E-state index in [2.05, 4.69) is 22.1 Å². The summed E-state index contributed by atoms with van der Waals surface area (Å²) in [5.74, 6) is 0. The quantitative estimate of drug-likeness (QED) is 0.713. The molecular formula is C10H6N2Y-2. The minimum Gasteiger partial charge on any atom is -0.370 e. The van der Waals surface area contributed by atoms with Crippen molar-refractivity contribution < 1.29 is 32.7 Å². The number of aromatic nitrogens is 2. The second-order valence-corrected chi connectivity index (χ2v) is 2.30. The van der Waals surface area contributed by atoms with Crippen molar-refractivity contribution in [1.82, 2.24) is 9.97 Å². The first kappa shape index (κ1) is 10.5. The molecule has 0 amide bonds. The van der Waals surface area contributed by atoms with Crippen molar-refractivity contribution in [2.24, 2.45) is 0 Å². The van der Waals surface area contributed by atoms with Gasteiger partial charge in [-0.3, -0.25) is 0 Å². The number of pyridine rings is 2. The average Bonchev–Trinajstić information content (AvgIpc) is 2.21. The molecule has 2 rings (SSSR count). The molecule has 1 radical (unpaired) electrons. The van der Waals surface area contributed by atoms with E-state index in [4.69, 9.17) is 0 Å². The van der Waals surface area contributed by atoms with Gasteiger partial charge < -0.3 is 9.97 Å². The molecule has 13 heavy (non-hydrogen) atoms. The van der Waals surface area contributed by atoms with E-state index in [1.165, 1.54) is 0 Å². The molecule has 0 saturated carbocycles. The normalized spacial score (nSPS) is 8.92. The van der Waals surface area contributed by atoms with E-state index in [1.54, 1.807) is 36.9 Å². The third-order valence-electron chi connectivity index (χ3n) is 1.50. The Balaban J connectivity index is 0.000000845. The third-order valence-corrected chi connectivity index (χ3v) is 1.50. The maximum atomic E-state index is 3.98. The van der Waals surface area contributed by atoms with Gasteiger partial charge in [-0.25, -0.2) is 11.1 Å². The molecule has 0 aromatic carbocycles. The fraction of sp³-hybridized carbons (Fsp3) is 0.